The fraction of sp³-hybridized carbons (Fsp3) is 0.364. The maximum absolute atomic E-state index is 9.20. The van der Waals surface area contributed by atoms with Gasteiger partial charge in [0.1, 0.15) is 0 Å². The van der Waals surface area contributed by atoms with E-state index >= 15 is 0 Å². The van der Waals surface area contributed by atoms with Crippen LogP contribution in [0, 0.1) is 10.4 Å². The molecule has 0 spiro atoms. The van der Waals surface area contributed by atoms with Gasteiger partial charge in [-0.15, -0.1) is 0 Å². The number of hydrogen-bond donors (Lipinski definition) is 2. The van der Waals surface area contributed by atoms with Crippen LogP contribution in [0.1, 0.15) is 46.1 Å². The van der Waals surface area contributed by atoms with E-state index in [-0.39, 0.29) is 37.0 Å². The molecule has 2 aromatic rings. The second kappa shape index (κ2) is 9.63. The Hall–Kier alpha value is -0.766. The molecule has 1 aliphatic carbocycles. The molecular weight excluding hydrogens is 413 g/mol. The predicted molar refractivity (Wildman–Crippen MR) is 101 cm³/mol. The molecule has 0 unspecified atom stereocenters. The van der Waals surface area contributed by atoms with Crippen molar-refractivity contribution in [3.05, 3.63) is 62.8 Å². The average Bonchev–Trinajstić information content (AvgIpc) is 2.85. The van der Waals surface area contributed by atoms with Gasteiger partial charge < -0.3 is 24.8 Å². The summed E-state index contributed by atoms with van der Waals surface area (Å²) in [6.45, 7) is 9.04. The summed E-state index contributed by atoms with van der Waals surface area (Å²) in [4.78, 5) is 0. The number of rotatable bonds is 4. The molecule has 0 bridgehead atoms. The van der Waals surface area contributed by atoms with E-state index in [4.69, 9.17) is 0 Å². The number of halogens is 2. The van der Waals surface area contributed by atoms with Crippen LogP contribution in [0.25, 0.3) is 9.45 Å². The number of aliphatic hydroxyl groups excluding tert-OH is 1. The van der Waals surface area contributed by atoms with Gasteiger partial charge in [0, 0.05) is 0 Å². The van der Waals surface area contributed by atoms with Crippen molar-refractivity contribution in [2.75, 3.05) is 11.9 Å². The standard InChI is InChI=1S/C22H26NO.2ClH.Ti/c1-15(8-7-13-24)17-11-12-19-18-10-6-5-9-16(18)14-20(19)21(17)23-22(2,3)4;;;/h5-6,9-12,23-24H,7-8,13H2,1-4H3;2*1H;/q;;;+2/p-2. The van der Waals surface area contributed by atoms with Gasteiger partial charge in [-0.3, -0.25) is 0 Å². The number of benzene rings is 2. The minimum Gasteiger partial charge on any atom is -1.00 e. The molecule has 0 fully saturated rings. The summed E-state index contributed by atoms with van der Waals surface area (Å²) in [7, 11) is 0. The normalized spacial score (nSPS) is 13.2. The summed E-state index contributed by atoms with van der Waals surface area (Å²) >= 11 is 2.23. The van der Waals surface area contributed by atoms with Crippen LogP contribution in [0.2, 0.25) is 0 Å². The molecule has 3 rings (SSSR count). The van der Waals surface area contributed by atoms with Gasteiger partial charge in [0.25, 0.3) is 0 Å². The zero-order valence-electron chi connectivity index (χ0n) is 16.3. The summed E-state index contributed by atoms with van der Waals surface area (Å²) in [6, 6.07) is 13.2. The fourth-order valence-electron chi connectivity index (χ4n) is 3.50. The first-order valence-electron chi connectivity index (χ1n) is 8.91. The van der Waals surface area contributed by atoms with Crippen molar-refractivity contribution in [1.82, 2.24) is 0 Å². The molecule has 2 N–H and O–H groups in total. The maximum Gasteiger partial charge on any atom is -1.00 e. The predicted octanol–water partition coefficient (Wildman–Crippen LogP) is -2.85. The summed E-state index contributed by atoms with van der Waals surface area (Å²) < 4.78 is 1.34. The van der Waals surface area contributed by atoms with Crippen LogP contribution in [0.3, 0.4) is 0 Å². The quantitative estimate of drug-likeness (QED) is 0.504. The summed E-state index contributed by atoms with van der Waals surface area (Å²) in [5, 5.41) is 18.2. The molecule has 0 saturated carbocycles. The molecule has 1 aliphatic rings. The molecule has 0 amide bonds. The molecule has 2 aromatic carbocycles. The topological polar surface area (TPSA) is 32.3 Å². The molecule has 143 valence electrons. The van der Waals surface area contributed by atoms with Gasteiger partial charge >= 0.3 is 162 Å². The molecule has 5 heteroatoms. The smallest absolute Gasteiger partial charge is 1.00 e. The van der Waals surface area contributed by atoms with E-state index in [0.717, 1.165) is 12.8 Å². The third kappa shape index (κ3) is 4.99. The fourth-order valence-corrected chi connectivity index (χ4v) is 4.24. The van der Waals surface area contributed by atoms with E-state index in [1.165, 1.54) is 41.6 Å². The number of fused-ring (bicyclic) bond motifs is 2. The maximum atomic E-state index is 9.20. The Bertz CT molecular complexity index is 1030. The summed E-state index contributed by atoms with van der Waals surface area (Å²) in [5.74, 6) is 0. The van der Waals surface area contributed by atoms with Crippen molar-refractivity contribution < 1.29 is 50.4 Å². The minimum atomic E-state index is -0.0177. The van der Waals surface area contributed by atoms with Gasteiger partial charge in [-0.2, -0.15) is 0 Å². The van der Waals surface area contributed by atoms with Gasteiger partial charge in [-0.05, 0) is 0 Å². The van der Waals surface area contributed by atoms with Gasteiger partial charge in [-0.25, -0.2) is 0 Å². The molecule has 0 aliphatic heterocycles. The Labute approximate surface area is 185 Å². The van der Waals surface area contributed by atoms with Crippen molar-refractivity contribution >= 4 is 15.1 Å². The van der Waals surface area contributed by atoms with E-state index in [0.29, 0.717) is 0 Å². The summed E-state index contributed by atoms with van der Waals surface area (Å²) in [6.07, 6.45) is 1.72. The molecular formula is C22H26Cl2NOTi. The van der Waals surface area contributed by atoms with E-state index in [9.17, 15) is 5.11 Å². The molecule has 0 saturated heterocycles. The van der Waals surface area contributed by atoms with Gasteiger partial charge in [0.15, 0.2) is 0 Å². The zero-order valence-corrected chi connectivity index (χ0v) is 19.4. The molecule has 2 nitrogen and oxygen atoms in total. The van der Waals surface area contributed by atoms with Gasteiger partial charge in [-0.1, -0.05) is 0 Å². The van der Waals surface area contributed by atoms with E-state index < -0.39 is 0 Å². The number of hydrogen-bond acceptors (Lipinski definition) is 2. The third-order valence-electron chi connectivity index (χ3n) is 4.61. The van der Waals surface area contributed by atoms with Crippen LogP contribution < -0.4 is 40.6 Å². The van der Waals surface area contributed by atoms with Crippen molar-refractivity contribution in [2.24, 2.45) is 0 Å². The van der Waals surface area contributed by atoms with Crippen LogP contribution in [0.5, 0.6) is 0 Å². The SMILES string of the molecule is CC(CCCO)=c1ccc2c(c1NC(C)(C)C)[C]([Ti+2])=c1ccccc1=2.[Cl-].[Cl-]. The Morgan fingerprint density at radius 2 is 1.63 bits per heavy atom. The van der Waals surface area contributed by atoms with Crippen LogP contribution in [-0.2, 0) is 20.4 Å². The second-order valence-electron chi connectivity index (χ2n) is 7.81. The van der Waals surface area contributed by atoms with Crippen LogP contribution in [0.4, 0.5) is 5.69 Å². The Kier molecular flexibility index (Phi) is 8.66. The Morgan fingerprint density at radius 1 is 1.00 bits per heavy atom. The average molecular weight is 439 g/mol. The third-order valence-corrected chi connectivity index (χ3v) is 5.42. The van der Waals surface area contributed by atoms with Crippen LogP contribution in [0.15, 0.2) is 36.4 Å². The monoisotopic (exact) mass is 438 g/mol. The van der Waals surface area contributed by atoms with Crippen molar-refractivity contribution in [1.29, 1.82) is 0 Å². The van der Waals surface area contributed by atoms with Gasteiger partial charge in [0.2, 0.25) is 0 Å². The van der Waals surface area contributed by atoms with Crippen molar-refractivity contribution in [3.8, 4) is 0 Å². The van der Waals surface area contributed by atoms with Crippen molar-refractivity contribution in [2.45, 2.75) is 46.1 Å². The largest absolute Gasteiger partial charge is 1.00 e. The number of aliphatic hydroxyl groups is 1. The van der Waals surface area contributed by atoms with Crippen LogP contribution in [-0.4, -0.2) is 17.3 Å². The minimum absolute atomic E-state index is 0. The first-order chi connectivity index (χ1) is 11.8. The molecule has 0 radical (unpaired) electrons. The molecule has 27 heavy (non-hydrogen) atoms. The van der Waals surface area contributed by atoms with Gasteiger partial charge in [0.05, 0.1) is 0 Å². The van der Waals surface area contributed by atoms with E-state index in [1.54, 1.807) is 0 Å². The Morgan fingerprint density at radius 3 is 2.22 bits per heavy atom. The molecule has 0 atom stereocenters. The first kappa shape index (κ1) is 24.3. The number of nitrogens with one attached hydrogen (secondary N) is 1. The Balaban J connectivity index is 0.00000182. The summed E-state index contributed by atoms with van der Waals surface area (Å²) in [5.41, 5.74) is 3.87. The zero-order chi connectivity index (χ0) is 18.2. The molecule has 0 heterocycles. The van der Waals surface area contributed by atoms with Crippen molar-refractivity contribution in [3.63, 3.8) is 0 Å². The molecule has 0 aromatic heterocycles. The van der Waals surface area contributed by atoms with E-state index in [1.807, 2.05) is 0 Å². The van der Waals surface area contributed by atoms with Crippen LogP contribution >= 0.6 is 0 Å². The van der Waals surface area contributed by atoms with E-state index in [2.05, 4.69) is 89.8 Å². The second-order valence-corrected chi connectivity index (χ2v) is 8.59. The first-order valence-corrected chi connectivity index (χ1v) is 9.69. The number of anilines is 1.